The normalized spacial score (nSPS) is 10.8. The van der Waals surface area contributed by atoms with Crippen LogP contribution in [0.15, 0.2) is 53.7 Å². The van der Waals surface area contributed by atoms with Crippen molar-refractivity contribution in [1.82, 2.24) is 25.1 Å². The van der Waals surface area contributed by atoms with Gasteiger partial charge in [0.1, 0.15) is 11.6 Å². The minimum atomic E-state index is 0.367. The highest BCUT2D eigenvalue weighted by molar-refractivity contribution is 7.98. The second-order valence-corrected chi connectivity index (χ2v) is 7.45. The van der Waals surface area contributed by atoms with Gasteiger partial charge in [-0.25, -0.2) is 4.98 Å². The van der Waals surface area contributed by atoms with Crippen molar-refractivity contribution < 1.29 is 4.74 Å². The van der Waals surface area contributed by atoms with Crippen LogP contribution in [0, 0.1) is 13.8 Å². The van der Waals surface area contributed by atoms with Gasteiger partial charge in [0, 0.05) is 17.3 Å². The van der Waals surface area contributed by atoms with Gasteiger partial charge in [-0.2, -0.15) is 9.97 Å². The summed E-state index contributed by atoms with van der Waals surface area (Å²) in [7, 11) is 0. The summed E-state index contributed by atoms with van der Waals surface area (Å²) in [6, 6.07) is 15.2. The molecule has 4 rings (SSSR count). The fourth-order valence-electron chi connectivity index (χ4n) is 2.76. The Labute approximate surface area is 178 Å². The molecule has 0 aliphatic carbocycles. The molecule has 2 heterocycles. The largest absolute Gasteiger partial charge is 0.439 e. The van der Waals surface area contributed by atoms with Gasteiger partial charge in [0.15, 0.2) is 11.0 Å². The van der Waals surface area contributed by atoms with Crippen molar-refractivity contribution in [2.24, 2.45) is 0 Å². The van der Waals surface area contributed by atoms with Crippen LogP contribution >= 0.6 is 11.8 Å². The van der Waals surface area contributed by atoms with E-state index in [9.17, 15) is 0 Å². The van der Waals surface area contributed by atoms with E-state index in [0.29, 0.717) is 34.4 Å². The molecule has 9 heteroatoms. The number of aryl methyl sites for hydroxylation is 2. The zero-order chi connectivity index (χ0) is 21.1. The molecule has 2 aromatic carbocycles. The monoisotopic (exact) mass is 419 g/mol. The van der Waals surface area contributed by atoms with Crippen molar-refractivity contribution in [2.45, 2.75) is 19.0 Å². The molecule has 0 bridgehead atoms. The molecule has 0 fully saturated rings. The molecule has 0 saturated heterocycles. The molecule has 2 aromatic heterocycles. The van der Waals surface area contributed by atoms with E-state index in [1.54, 1.807) is 6.07 Å². The van der Waals surface area contributed by atoms with Crippen LogP contribution in [0.5, 0.6) is 11.6 Å². The number of nitrogens with zero attached hydrogens (tertiary/aromatic N) is 4. The minimum absolute atomic E-state index is 0.367. The molecule has 0 spiro atoms. The van der Waals surface area contributed by atoms with Crippen molar-refractivity contribution in [1.29, 1.82) is 0 Å². The highest BCUT2D eigenvalue weighted by Gasteiger charge is 2.08. The molecule has 4 aromatic rings. The van der Waals surface area contributed by atoms with Gasteiger partial charge >= 0.3 is 0 Å². The van der Waals surface area contributed by atoms with E-state index in [1.807, 2.05) is 36.6 Å². The van der Waals surface area contributed by atoms with Gasteiger partial charge in [-0.1, -0.05) is 17.8 Å². The van der Waals surface area contributed by atoms with E-state index in [1.165, 1.54) is 22.9 Å². The fourth-order valence-corrected chi connectivity index (χ4v) is 3.14. The maximum absolute atomic E-state index is 5.79. The first-order valence-corrected chi connectivity index (χ1v) is 10.5. The topological polar surface area (TPSA) is 115 Å². The number of aromatic nitrogens is 5. The summed E-state index contributed by atoms with van der Waals surface area (Å²) < 4.78 is 5.79. The van der Waals surface area contributed by atoms with Crippen LogP contribution in [0.1, 0.15) is 11.1 Å². The Hall–Kier alpha value is -3.59. The molecule has 8 nitrogen and oxygen atoms in total. The number of nitrogens with two attached hydrogens (primary N) is 1. The van der Waals surface area contributed by atoms with Gasteiger partial charge in [0.2, 0.25) is 11.8 Å². The Morgan fingerprint density at radius 3 is 2.50 bits per heavy atom. The van der Waals surface area contributed by atoms with Gasteiger partial charge in [-0.15, -0.1) is 5.10 Å². The smallest absolute Gasteiger partial charge is 0.246 e. The summed E-state index contributed by atoms with van der Waals surface area (Å²) in [5, 5.41) is 11.0. The van der Waals surface area contributed by atoms with Gasteiger partial charge in [-0.05, 0) is 67.6 Å². The van der Waals surface area contributed by atoms with Crippen molar-refractivity contribution in [3.8, 4) is 23.0 Å². The Morgan fingerprint density at radius 1 is 0.967 bits per heavy atom. The van der Waals surface area contributed by atoms with Gasteiger partial charge in [0.25, 0.3) is 0 Å². The molecule has 30 heavy (non-hydrogen) atoms. The SMILES string of the molecule is CSc1nc(N)cc(Oc2ccc(-c3nc(Nc4ccc(C)c(C)c4)n[nH]3)cc2)n1. The number of thioether (sulfide) groups is 1. The van der Waals surface area contributed by atoms with Crippen LogP contribution in [0.4, 0.5) is 17.5 Å². The zero-order valence-electron chi connectivity index (χ0n) is 16.8. The molecule has 152 valence electrons. The number of ether oxygens (including phenoxy) is 1. The Morgan fingerprint density at radius 2 is 1.77 bits per heavy atom. The second-order valence-electron chi connectivity index (χ2n) is 6.68. The quantitative estimate of drug-likeness (QED) is 0.304. The lowest BCUT2D eigenvalue weighted by Gasteiger charge is -2.07. The average molecular weight is 420 g/mol. The zero-order valence-corrected chi connectivity index (χ0v) is 17.6. The van der Waals surface area contributed by atoms with Crippen LogP contribution in [-0.4, -0.2) is 31.4 Å². The van der Waals surface area contributed by atoms with E-state index in [0.717, 1.165) is 11.3 Å². The number of hydrogen-bond acceptors (Lipinski definition) is 8. The Bertz CT molecular complexity index is 1170. The van der Waals surface area contributed by atoms with Gasteiger partial charge < -0.3 is 15.8 Å². The molecule has 0 radical (unpaired) electrons. The molecule has 0 atom stereocenters. The van der Waals surface area contributed by atoms with Crippen LogP contribution < -0.4 is 15.8 Å². The van der Waals surface area contributed by atoms with E-state index in [-0.39, 0.29) is 0 Å². The summed E-state index contributed by atoms with van der Waals surface area (Å²) in [6.45, 7) is 4.16. The second kappa shape index (κ2) is 8.42. The van der Waals surface area contributed by atoms with Crippen LogP contribution in [0.2, 0.25) is 0 Å². The number of nitrogens with one attached hydrogen (secondary N) is 2. The van der Waals surface area contributed by atoms with Crippen LogP contribution in [0.25, 0.3) is 11.4 Å². The first-order chi connectivity index (χ1) is 14.5. The van der Waals surface area contributed by atoms with E-state index in [4.69, 9.17) is 10.5 Å². The predicted molar refractivity (Wildman–Crippen MR) is 119 cm³/mol. The summed E-state index contributed by atoms with van der Waals surface area (Å²) in [5.74, 6) is 2.57. The predicted octanol–water partition coefficient (Wildman–Crippen LogP) is 4.72. The van der Waals surface area contributed by atoms with Crippen molar-refractivity contribution in [3.63, 3.8) is 0 Å². The fraction of sp³-hybridized carbons (Fsp3) is 0.143. The van der Waals surface area contributed by atoms with E-state index < -0.39 is 0 Å². The number of H-pyrrole nitrogens is 1. The average Bonchev–Trinajstić information content (AvgIpc) is 3.19. The van der Waals surface area contributed by atoms with E-state index >= 15 is 0 Å². The first-order valence-electron chi connectivity index (χ1n) is 9.23. The Balaban J connectivity index is 1.47. The lowest BCUT2D eigenvalue weighted by Crippen LogP contribution is -1.97. The summed E-state index contributed by atoms with van der Waals surface area (Å²) in [6.07, 6.45) is 1.88. The molecular formula is C21H21N7OS. The third kappa shape index (κ3) is 4.52. The molecular weight excluding hydrogens is 398 g/mol. The van der Waals surface area contributed by atoms with Gasteiger partial charge in [-0.3, -0.25) is 5.10 Å². The number of benzene rings is 2. The van der Waals surface area contributed by atoms with Crippen molar-refractivity contribution in [3.05, 3.63) is 59.7 Å². The summed E-state index contributed by atoms with van der Waals surface area (Å²) >= 11 is 1.40. The maximum atomic E-state index is 5.79. The third-order valence-corrected chi connectivity index (χ3v) is 5.03. The lowest BCUT2D eigenvalue weighted by atomic mass is 10.1. The number of aromatic amines is 1. The van der Waals surface area contributed by atoms with Crippen molar-refractivity contribution >= 4 is 29.2 Å². The molecule has 0 aliphatic rings. The standard InChI is InChI=1S/C21H21N7OS/c1-12-4-7-15(10-13(12)2)23-20-26-19(27-28-20)14-5-8-16(9-6-14)29-18-11-17(22)24-21(25-18)30-3/h4-11H,1-3H3,(H2,22,24,25)(H2,23,26,27,28). The number of rotatable bonds is 6. The summed E-state index contributed by atoms with van der Waals surface area (Å²) in [4.78, 5) is 12.9. The molecule has 0 saturated carbocycles. The van der Waals surface area contributed by atoms with Gasteiger partial charge in [0.05, 0.1) is 0 Å². The highest BCUT2D eigenvalue weighted by atomic mass is 32.2. The molecule has 4 N–H and O–H groups in total. The first kappa shape index (κ1) is 19.7. The lowest BCUT2D eigenvalue weighted by molar-refractivity contribution is 0.456. The highest BCUT2D eigenvalue weighted by Crippen LogP contribution is 2.26. The van der Waals surface area contributed by atoms with E-state index in [2.05, 4.69) is 56.4 Å². The third-order valence-electron chi connectivity index (χ3n) is 4.48. The molecule has 0 amide bonds. The summed E-state index contributed by atoms with van der Waals surface area (Å²) in [5.41, 5.74) is 10.1. The maximum Gasteiger partial charge on any atom is 0.246 e. The number of hydrogen-bond donors (Lipinski definition) is 3. The van der Waals surface area contributed by atoms with Crippen LogP contribution in [0.3, 0.4) is 0 Å². The van der Waals surface area contributed by atoms with Crippen molar-refractivity contribution in [2.75, 3.05) is 17.3 Å². The molecule has 0 aliphatic heterocycles. The number of nitrogen functional groups attached to an aromatic ring is 1. The number of anilines is 3. The minimum Gasteiger partial charge on any atom is -0.439 e. The Kier molecular flexibility index (Phi) is 5.53. The van der Waals surface area contributed by atoms with Crippen LogP contribution in [-0.2, 0) is 0 Å². The molecule has 0 unspecified atom stereocenters.